The van der Waals surface area contributed by atoms with E-state index in [-0.39, 0.29) is 16.5 Å². The van der Waals surface area contributed by atoms with E-state index in [1.165, 1.54) is 7.11 Å². The van der Waals surface area contributed by atoms with Crippen LogP contribution < -0.4 is 4.74 Å². The van der Waals surface area contributed by atoms with Gasteiger partial charge < -0.3 is 14.9 Å². The first-order chi connectivity index (χ1) is 14.4. The molecule has 0 spiro atoms. The van der Waals surface area contributed by atoms with Crippen molar-refractivity contribution in [3.63, 3.8) is 0 Å². The maximum Gasteiger partial charge on any atom is 0.336 e. The molecule has 6 nitrogen and oxygen atoms in total. The molecular formula is C23H21ClN2O4. The van der Waals surface area contributed by atoms with Gasteiger partial charge in [0, 0.05) is 24.0 Å². The fraction of sp³-hybridized carbons (Fsp3) is 0.217. The van der Waals surface area contributed by atoms with Crippen LogP contribution in [-0.2, 0) is 6.54 Å². The molecule has 0 saturated heterocycles. The molecule has 7 heteroatoms. The van der Waals surface area contributed by atoms with Gasteiger partial charge >= 0.3 is 5.97 Å². The number of hydrogen-bond acceptors (Lipinski definition) is 5. The highest BCUT2D eigenvalue weighted by Gasteiger charge is 2.28. The first-order valence-electron chi connectivity index (χ1n) is 9.57. The number of para-hydroxylation sites is 1. The van der Waals surface area contributed by atoms with Gasteiger partial charge in [-0.2, -0.15) is 0 Å². The van der Waals surface area contributed by atoms with Crippen molar-refractivity contribution in [1.29, 1.82) is 0 Å². The number of benzene rings is 2. The zero-order chi connectivity index (χ0) is 21.4. The second-order valence-electron chi connectivity index (χ2n) is 7.16. The van der Waals surface area contributed by atoms with Gasteiger partial charge in [-0.15, -0.1) is 0 Å². The Kier molecular flexibility index (Phi) is 5.37. The third-order valence-corrected chi connectivity index (χ3v) is 5.63. The van der Waals surface area contributed by atoms with Crippen LogP contribution in [0.25, 0.3) is 22.6 Å². The van der Waals surface area contributed by atoms with E-state index in [9.17, 15) is 15.0 Å². The lowest BCUT2D eigenvalue weighted by Gasteiger charge is -2.30. The Balaban J connectivity index is 1.97. The molecule has 0 unspecified atom stereocenters. The van der Waals surface area contributed by atoms with Crippen molar-refractivity contribution < 1.29 is 19.7 Å². The lowest BCUT2D eigenvalue weighted by atomic mass is 9.92. The van der Waals surface area contributed by atoms with Gasteiger partial charge in [-0.1, -0.05) is 36.7 Å². The summed E-state index contributed by atoms with van der Waals surface area (Å²) in [5, 5.41) is 20.8. The molecule has 1 aromatic heterocycles. The van der Waals surface area contributed by atoms with Crippen LogP contribution in [0.2, 0.25) is 5.02 Å². The van der Waals surface area contributed by atoms with E-state index in [0.717, 1.165) is 17.7 Å². The van der Waals surface area contributed by atoms with Crippen LogP contribution in [0.5, 0.6) is 11.5 Å². The molecule has 4 rings (SSSR count). The summed E-state index contributed by atoms with van der Waals surface area (Å²) in [6, 6.07) is 10.6. The minimum absolute atomic E-state index is 0.113. The molecule has 0 fully saturated rings. The van der Waals surface area contributed by atoms with E-state index in [0.29, 0.717) is 40.8 Å². The zero-order valence-electron chi connectivity index (χ0n) is 16.6. The maximum atomic E-state index is 12.2. The monoisotopic (exact) mass is 424 g/mol. The predicted molar refractivity (Wildman–Crippen MR) is 117 cm³/mol. The summed E-state index contributed by atoms with van der Waals surface area (Å²) in [6.45, 7) is 3.94. The van der Waals surface area contributed by atoms with Crippen molar-refractivity contribution in [2.75, 3.05) is 20.2 Å². The number of pyridine rings is 1. The van der Waals surface area contributed by atoms with Gasteiger partial charge in [0.25, 0.3) is 0 Å². The maximum absolute atomic E-state index is 12.2. The predicted octanol–water partition coefficient (Wildman–Crippen LogP) is 4.68. The van der Waals surface area contributed by atoms with Crippen LogP contribution in [0.4, 0.5) is 0 Å². The fourth-order valence-corrected chi connectivity index (χ4v) is 4.10. The Bertz CT molecular complexity index is 1190. The largest absolute Gasteiger partial charge is 0.503 e. The molecule has 1 aliphatic rings. The molecule has 0 saturated carbocycles. The molecular weight excluding hydrogens is 404 g/mol. The molecule has 30 heavy (non-hydrogen) atoms. The molecule has 3 aromatic rings. The van der Waals surface area contributed by atoms with E-state index < -0.39 is 5.97 Å². The average Bonchev–Trinajstić information content (AvgIpc) is 2.74. The van der Waals surface area contributed by atoms with Crippen LogP contribution >= 0.6 is 11.6 Å². The van der Waals surface area contributed by atoms with Gasteiger partial charge in [0.15, 0.2) is 11.5 Å². The van der Waals surface area contributed by atoms with Crippen molar-refractivity contribution in [3.05, 3.63) is 63.8 Å². The number of carboxylic acid groups (broad SMARTS) is 1. The smallest absolute Gasteiger partial charge is 0.336 e. The molecule has 2 heterocycles. The number of phenolic OH excluding ortho intramolecular Hbond substituents is 1. The summed E-state index contributed by atoms with van der Waals surface area (Å²) in [5.41, 5.74) is 3.94. The standard InChI is InChI=1S/C23H21ClN2O4/c1-3-26-11-14(8-13-9-17(24)22(27)19(10-13)30-2)21-16(12-26)20(23(28)29)15-6-4-5-7-18(15)25-21/h4-10,27H,3,11-12H2,1-2H3,(H,28,29)/b14-8-. The van der Waals surface area contributed by atoms with Gasteiger partial charge in [0.1, 0.15) is 0 Å². The van der Waals surface area contributed by atoms with Crippen LogP contribution in [0.15, 0.2) is 36.4 Å². The summed E-state index contributed by atoms with van der Waals surface area (Å²) in [6.07, 6.45) is 1.92. The van der Waals surface area contributed by atoms with Gasteiger partial charge in [0.2, 0.25) is 0 Å². The summed E-state index contributed by atoms with van der Waals surface area (Å²) in [7, 11) is 1.46. The average molecular weight is 425 g/mol. The van der Waals surface area contributed by atoms with Crippen molar-refractivity contribution in [2.24, 2.45) is 0 Å². The Hall–Kier alpha value is -3.09. The van der Waals surface area contributed by atoms with Crippen molar-refractivity contribution >= 4 is 40.1 Å². The molecule has 154 valence electrons. The molecule has 0 atom stereocenters. The summed E-state index contributed by atoms with van der Waals surface area (Å²) in [4.78, 5) is 19.2. The number of likely N-dealkylation sites (N-methyl/N-ethyl adjacent to an activating group) is 1. The quantitative estimate of drug-likeness (QED) is 0.633. The highest BCUT2D eigenvalue weighted by molar-refractivity contribution is 6.32. The normalized spacial score (nSPS) is 15.4. The Morgan fingerprint density at radius 2 is 2.07 bits per heavy atom. The minimum atomic E-state index is -0.962. The van der Waals surface area contributed by atoms with Crippen LogP contribution in [0.1, 0.15) is 34.1 Å². The lowest BCUT2D eigenvalue weighted by Crippen LogP contribution is -2.31. The number of ether oxygens (including phenoxy) is 1. The summed E-state index contributed by atoms with van der Waals surface area (Å²) < 4.78 is 5.21. The van der Waals surface area contributed by atoms with E-state index in [2.05, 4.69) is 4.90 Å². The van der Waals surface area contributed by atoms with Crippen molar-refractivity contribution in [1.82, 2.24) is 9.88 Å². The van der Waals surface area contributed by atoms with E-state index in [4.69, 9.17) is 21.3 Å². The molecule has 1 aliphatic heterocycles. The molecule has 2 N–H and O–H groups in total. The van der Waals surface area contributed by atoms with E-state index in [1.807, 2.05) is 31.2 Å². The van der Waals surface area contributed by atoms with Gasteiger partial charge in [0.05, 0.1) is 28.9 Å². The van der Waals surface area contributed by atoms with Crippen LogP contribution in [-0.4, -0.2) is 46.3 Å². The number of rotatable bonds is 4. The van der Waals surface area contributed by atoms with Gasteiger partial charge in [-0.25, -0.2) is 9.78 Å². The molecule has 0 bridgehead atoms. The minimum Gasteiger partial charge on any atom is -0.503 e. The second-order valence-corrected chi connectivity index (χ2v) is 7.57. The highest BCUT2D eigenvalue weighted by Crippen LogP contribution is 2.38. The number of aromatic nitrogens is 1. The third-order valence-electron chi connectivity index (χ3n) is 5.35. The number of phenols is 1. The number of hydrogen-bond donors (Lipinski definition) is 2. The Morgan fingerprint density at radius 1 is 1.30 bits per heavy atom. The van der Waals surface area contributed by atoms with Gasteiger partial charge in [-0.3, -0.25) is 4.90 Å². The first kappa shape index (κ1) is 20.2. The zero-order valence-corrected chi connectivity index (χ0v) is 17.4. The number of aromatic carboxylic acids is 1. The number of fused-ring (bicyclic) bond motifs is 2. The number of carbonyl (C=O) groups is 1. The number of carboxylic acids is 1. The Morgan fingerprint density at radius 3 is 2.77 bits per heavy atom. The summed E-state index contributed by atoms with van der Waals surface area (Å²) >= 11 is 6.15. The van der Waals surface area contributed by atoms with Crippen LogP contribution in [0.3, 0.4) is 0 Å². The summed E-state index contributed by atoms with van der Waals surface area (Å²) in [5.74, 6) is -0.801. The highest BCUT2D eigenvalue weighted by atomic mass is 35.5. The molecule has 0 amide bonds. The van der Waals surface area contributed by atoms with E-state index >= 15 is 0 Å². The molecule has 2 aromatic carbocycles. The first-order valence-corrected chi connectivity index (χ1v) is 9.95. The van der Waals surface area contributed by atoms with E-state index in [1.54, 1.807) is 18.2 Å². The fourth-order valence-electron chi connectivity index (χ4n) is 3.88. The molecule has 0 radical (unpaired) electrons. The second kappa shape index (κ2) is 7.97. The lowest BCUT2D eigenvalue weighted by molar-refractivity contribution is 0.0696. The number of halogens is 1. The number of methoxy groups -OCH3 is 1. The topological polar surface area (TPSA) is 82.9 Å². The van der Waals surface area contributed by atoms with Crippen molar-refractivity contribution in [2.45, 2.75) is 13.5 Å². The molecule has 0 aliphatic carbocycles. The SMILES string of the molecule is CCN1C/C(=C/c2cc(Cl)c(O)c(OC)c2)c2nc3ccccc3c(C(=O)O)c2C1. The van der Waals surface area contributed by atoms with Crippen molar-refractivity contribution in [3.8, 4) is 11.5 Å². The van der Waals surface area contributed by atoms with Gasteiger partial charge in [-0.05, 0) is 42.0 Å². The van der Waals surface area contributed by atoms with Crippen LogP contribution in [0, 0.1) is 0 Å². The number of aromatic hydroxyl groups is 1. The number of nitrogens with zero attached hydrogens (tertiary/aromatic N) is 2. The third kappa shape index (κ3) is 3.49. The Labute approximate surface area is 179 Å².